The SMILES string of the molecule is COc1ccc(OC)c([C@H]2NC(=O)NC(C)=C2C(=O)Nc2ccc(C)cc2C)c1. The Labute approximate surface area is 170 Å². The fourth-order valence-corrected chi connectivity index (χ4v) is 3.44. The molecule has 3 rings (SSSR count). The van der Waals surface area contributed by atoms with Crippen LogP contribution < -0.4 is 25.4 Å². The highest BCUT2D eigenvalue weighted by Gasteiger charge is 2.33. The summed E-state index contributed by atoms with van der Waals surface area (Å²) in [6.07, 6.45) is 0. The minimum Gasteiger partial charge on any atom is -0.497 e. The van der Waals surface area contributed by atoms with Gasteiger partial charge in [-0.25, -0.2) is 4.79 Å². The van der Waals surface area contributed by atoms with Gasteiger partial charge in [-0.3, -0.25) is 4.79 Å². The summed E-state index contributed by atoms with van der Waals surface area (Å²) in [7, 11) is 3.10. The summed E-state index contributed by atoms with van der Waals surface area (Å²) in [5.41, 5.74) is 4.30. The predicted molar refractivity (Wildman–Crippen MR) is 111 cm³/mol. The summed E-state index contributed by atoms with van der Waals surface area (Å²) in [4.78, 5) is 25.4. The van der Waals surface area contributed by atoms with Crippen molar-refractivity contribution in [1.29, 1.82) is 0 Å². The number of anilines is 1. The Bertz CT molecular complexity index is 998. The van der Waals surface area contributed by atoms with Gasteiger partial charge < -0.3 is 25.4 Å². The molecule has 1 heterocycles. The average molecular weight is 395 g/mol. The number of carbonyl (C=O) groups excluding carboxylic acids is 2. The van der Waals surface area contributed by atoms with Crippen molar-refractivity contribution in [3.63, 3.8) is 0 Å². The van der Waals surface area contributed by atoms with Gasteiger partial charge in [0, 0.05) is 16.9 Å². The topological polar surface area (TPSA) is 88.7 Å². The van der Waals surface area contributed by atoms with E-state index in [0.29, 0.717) is 34.0 Å². The number of hydrogen-bond acceptors (Lipinski definition) is 4. The van der Waals surface area contributed by atoms with Crippen molar-refractivity contribution < 1.29 is 19.1 Å². The summed E-state index contributed by atoms with van der Waals surface area (Å²) in [5, 5.41) is 8.47. The lowest BCUT2D eigenvalue weighted by molar-refractivity contribution is -0.113. The average Bonchev–Trinajstić information content (AvgIpc) is 2.68. The highest BCUT2D eigenvalue weighted by Crippen LogP contribution is 2.36. The number of rotatable bonds is 5. The zero-order chi connectivity index (χ0) is 21.1. The second-order valence-corrected chi connectivity index (χ2v) is 6.95. The number of methoxy groups -OCH3 is 2. The van der Waals surface area contributed by atoms with E-state index >= 15 is 0 Å². The molecule has 2 aromatic rings. The summed E-state index contributed by atoms with van der Waals surface area (Å²) in [5.74, 6) is 0.833. The Morgan fingerprint density at radius 3 is 2.45 bits per heavy atom. The van der Waals surface area contributed by atoms with Crippen LogP contribution in [0, 0.1) is 13.8 Å². The Kier molecular flexibility index (Phi) is 5.77. The highest BCUT2D eigenvalue weighted by atomic mass is 16.5. The quantitative estimate of drug-likeness (QED) is 0.722. The molecule has 1 atom stereocenters. The fraction of sp³-hybridized carbons (Fsp3) is 0.273. The third-order valence-electron chi connectivity index (χ3n) is 4.89. The van der Waals surface area contributed by atoms with E-state index in [-0.39, 0.29) is 11.9 Å². The molecule has 1 aliphatic rings. The van der Waals surface area contributed by atoms with Gasteiger partial charge in [-0.1, -0.05) is 17.7 Å². The monoisotopic (exact) mass is 395 g/mol. The van der Waals surface area contributed by atoms with Crippen LogP contribution in [0.3, 0.4) is 0 Å². The Balaban J connectivity index is 2.03. The minimum atomic E-state index is -0.695. The molecule has 152 valence electrons. The van der Waals surface area contributed by atoms with Crippen LogP contribution in [0.2, 0.25) is 0 Å². The van der Waals surface area contributed by atoms with Gasteiger partial charge in [-0.15, -0.1) is 0 Å². The molecule has 0 saturated heterocycles. The molecule has 7 nitrogen and oxygen atoms in total. The maximum atomic E-state index is 13.2. The van der Waals surface area contributed by atoms with Gasteiger partial charge in [-0.2, -0.15) is 0 Å². The fourth-order valence-electron chi connectivity index (χ4n) is 3.44. The molecule has 0 radical (unpaired) electrons. The molecule has 0 fully saturated rings. The van der Waals surface area contributed by atoms with Crippen molar-refractivity contribution in [3.8, 4) is 11.5 Å². The van der Waals surface area contributed by atoms with Gasteiger partial charge in [-0.05, 0) is 50.6 Å². The number of aryl methyl sites for hydroxylation is 2. The molecular weight excluding hydrogens is 370 g/mol. The molecule has 3 N–H and O–H groups in total. The van der Waals surface area contributed by atoms with E-state index in [2.05, 4.69) is 16.0 Å². The zero-order valence-corrected chi connectivity index (χ0v) is 17.2. The van der Waals surface area contributed by atoms with Crippen LogP contribution in [0.1, 0.15) is 29.7 Å². The van der Waals surface area contributed by atoms with Crippen molar-refractivity contribution in [2.24, 2.45) is 0 Å². The molecule has 0 spiro atoms. The maximum absolute atomic E-state index is 13.2. The lowest BCUT2D eigenvalue weighted by Crippen LogP contribution is -2.46. The first-order chi connectivity index (χ1) is 13.8. The van der Waals surface area contributed by atoms with E-state index < -0.39 is 6.04 Å². The molecule has 0 unspecified atom stereocenters. The first-order valence-electron chi connectivity index (χ1n) is 9.23. The number of hydrogen-bond donors (Lipinski definition) is 3. The van der Waals surface area contributed by atoms with E-state index in [1.54, 1.807) is 39.3 Å². The van der Waals surface area contributed by atoms with Crippen LogP contribution >= 0.6 is 0 Å². The molecule has 3 amide bonds. The molecular formula is C22H25N3O4. The summed E-state index contributed by atoms with van der Waals surface area (Å²) >= 11 is 0. The molecule has 0 saturated carbocycles. The van der Waals surface area contributed by atoms with Gasteiger partial charge in [0.05, 0.1) is 25.8 Å². The maximum Gasteiger partial charge on any atom is 0.319 e. The molecule has 0 aromatic heterocycles. The third-order valence-corrected chi connectivity index (χ3v) is 4.89. The van der Waals surface area contributed by atoms with E-state index in [0.717, 1.165) is 11.1 Å². The molecule has 0 bridgehead atoms. The number of ether oxygens (including phenoxy) is 2. The predicted octanol–water partition coefficient (Wildman–Crippen LogP) is 3.59. The lowest BCUT2D eigenvalue weighted by atomic mass is 9.93. The second-order valence-electron chi connectivity index (χ2n) is 6.95. The van der Waals surface area contributed by atoms with Gasteiger partial charge in [0.25, 0.3) is 5.91 Å². The summed E-state index contributed by atoms with van der Waals surface area (Å²) < 4.78 is 10.8. The molecule has 7 heteroatoms. The summed E-state index contributed by atoms with van der Waals surface area (Å²) in [6.45, 7) is 5.64. The number of benzene rings is 2. The minimum absolute atomic E-state index is 0.308. The first-order valence-corrected chi connectivity index (χ1v) is 9.23. The van der Waals surface area contributed by atoms with Gasteiger partial charge in [0.1, 0.15) is 11.5 Å². The molecule has 29 heavy (non-hydrogen) atoms. The number of nitrogens with one attached hydrogen (secondary N) is 3. The van der Waals surface area contributed by atoms with Crippen LogP contribution in [0.15, 0.2) is 47.7 Å². The number of amides is 3. The third kappa shape index (κ3) is 4.18. The van der Waals surface area contributed by atoms with Crippen molar-refractivity contribution in [2.75, 3.05) is 19.5 Å². The van der Waals surface area contributed by atoms with Crippen LogP contribution in [0.25, 0.3) is 0 Å². The van der Waals surface area contributed by atoms with Crippen LogP contribution in [0.5, 0.6) is 11.5 Å². The standard InChI is InChI=1S/C22H25N3O4/c1-12-6-8-17(13(2)10-12)24-21(26)19-14(3)23-22(27)25-20(19)16-11-15(28-4)7-9-18(16)29-5/h6-11,20H,1-5H3,(H,24,26)(H2,23,25,27)/t20-/m1/s1. The van der Waals surface area contributed by atoms with Crippen LogP contribution in [0.4, 0.5) is 10.5 Å². The van der Waals surface area contributed by atoms with E-state index in [9.17, 15) is 9.59 Å². The van der Waals surface area contributed by atoms with E-state index in [1.165, 1.54) is 0 Å². The zero-order valence-electron chi connectivity index (χ0n) is 17.2. The van der Waals surface area contributed by atoms with Crippen LogP contribution in [-0.2, 0) is 4.79 Å². The van der Waals surface area contributed by atoms with Crippen molar-refractivity contribution in [3.05, 3.63) is 64.4 Å². The van der Waals surface area contributed by atoms with Crippen molar-refractivity contribution in [2.45, 2.75) is 26.8 Å². The van der Waals surface area contributed by atoms with Crippen molar-refractivity contribution in [1.82, 2.24) is 10.6 Å². The van der Waals surface area contributed by atoms with E-state index in [1.807, 2.05) is 32.0 Å². The normalized spacial score (nSPS) is 16.0. The Hall–Kier alpha value is -3.48. The first kappa shape index (κ1) is 20.3. The highest BCUT2D eigenvalue weighted by molar-refractivity contribution is 6.07. The van der Waals surface area contributed by atoms with Gasteiger partial charge >= 0.3 is 6.03 Å². The lowest BCUT2D eigenvalue weighted by Gasteiger charge is -2.30. The number of carbonyl (C=O) groups is 2. The largest absolute Gasteiger partial charge is 0.497 e. The molecule has 2 aromatic carbocycles. The van der Waals surface area contributed by atoms with Gasteiger partial charge in [0.2, 0.25) is 0 Å². The molecule has 0 aliphatic carbocycles. The van der Waals surface area contributed by atoms with Crippen molar-refractivity contribution >= 4 is 17.6 Å². The van der Waals surface area contributed by atoms with Crippen LogP contribution in [-0.4, -0.2) is 26.2 Å². The smallest absolute Gasteiger partial charge is 0.319 e. The Morgan fingerprint density at radius 2 is 1.79 bits per heavy atom. The Morgan fingerprint density at radius 1 is 1.03 bits per heavy atom. The summed E-state index contributed by atoms with van der Waals surface area (Å²) in [6, 6.07) is 9.99. The van der Waals surface area contributed by atoms with E-state index in [4.69, 9.17) is 9.47 Å². The van der Waals surface area contributed by atoms with Gasteiger partial charge in [0.15, 0.2) is 0 Å². The second kappa shape index (κ2) is 8.26. The number of urea groups is 1. The number of allylic oxidation sites excluding steroid dienone is 1. The molecule has 1 aliphatic heterocycles.